The number of hydrogen-bond acceptors (Lipinski definition) is 2. The Hall–Kier alpha value is -0.150. The monoisotopic (exact) mass is 488 g/mol. The summed E-state index contributed by atoms with van der Waals surface area (Å²) < 4.78 is 18.3. The van der Waals surface area contributed by atoms with Gasteiger partial charge in [-0.25, -0.2) is 0 Å². The van der Waals surface area contributed by atoms with E-state index < -0.39 is 7.60 Å². The second-order valence-electron chi connectivity index (χ2n) is 10.8. The van der Waals surface area contributed by atoms with Crippen molar-refractivity contribution in [2.45, 2.75) is 142 Å². The number of allylic oxidation sites excluding steroid dienone is 1. The third kappa shape index (κ3) is 19.8. The maximum absolute atomic E-state index is 12.5. The van der Waals surface area contributed by atoms with Crippen LogP contribution in [0.3, 0.4) is 0 Å². The van der Waals surface area contributed by atoms with Crippen molar-refractivity contribution in [2.75, 3.05) is 27.7 Å². The van der Waals surface area contributed by atoms with Gasteiger partial charge in [0.1, 0.15) is 0 Å². The van der Waals surface area contributed by atoms with Gasteiger partial charge in [-0.05, 0) is 19.3 Å². The van der Waals surface area contributed by atoms with Gasteiger partial charge < -0.3 is 13.9 Å². The van der Waals surface area contributed by atoms with Crippen LogP contribution >= 0.6 is 7.60 Å². The minimum Gasteiger partial charge on any atom is -0.320 e. The van der Waals surface area contributed by atoms with Gasteiger partial charge >= 0.3 is 7.60 Å². The van der Waals surface area contributed by atoms with E-state index in [-0.39, 0.29) is 5.78 Å². The Morgan fingerprint density at radius 3 is 1.48 bits per heavy atom. The number of nitrogens with zero attached hydrogens (tertiary/aromatic N) is 1. The first-order valence-corrected chi connectivity index (χ1v) is 15.8. The summed E-state index contributed by atoms with van der Waals surface area (Å²) in [7, 11) is 2.25. The molecular weight excluding hydrogens is 429 g/mol. The normalized spacial score (nSPS) is 15.2. The highest BCUT2D eigenvalue weighted by atomic mass is 31.2. The smallest absolute Gasteiger partial charge is 0.320 e. The molecule has 5 heteroatoms. The Morgan fingerprint density at radius 1 is 0.697 bits per heavy atom. The van der Waals surface area contributed by atoms with Gasteiger partial charge in [-0.1, -0.05) is 122 Å². The molecule has 2 atom stereocenters. The average molecular weight is 489 g/mol. The maximum Gasteiger partial charge on any atom is 0.385 e. The number of unbranched alkanes of at least 4 members (excludes halogenated alkanes) is 16. The summed E-state index contributed by atoms with van der Waals surface area (Å²) in [4.78, 5) is 10.3. The fourth-order valence-corrected chi connectivity index (χ4v) is 6.48. The van der Waals surface area contributed by atoms with Crippen molar-refractivity contribution in [2.24, 2.45) is 0 Å². The number of rotatable bonds is 24. The summed E-state index contributed by atoms with van der Waals surface area (Å²) in [6.07, 6.45) is 29.1. The van der Waals surface area contributed by atoms with E-state index in [1.807, 2.05) is 28.1 Å². The van der Waals surface area contributed by atoms with Gasteiger partial charge in [0.2, 0.25) is 0 Å². The molecule has 0 aliphatic carbocycles. The fraction of sp³-hybridized carbons (Fsp3) is 0.929. The van der Waals surface area contributed by atoms with Crippen LogP contribution in [0.15, 0.2) is 12.2 Å². The van der Waals surface area contributed by atoms with Crippen LogP contribution in [-0.4, -0.2) is 42.9 Å². The van der Waals surface area contributed by atoms with Crippen molar-refractivity contribution >= 4 is 7.60 Å². The SMILES string of the molecule is CCCCCCCCCCCCCCCCCCC=CCCOP(=O)(O)C(CC)[N+](C)(C)C. The summed E-state index contributed by atoms with van der Waals surface area (Å²) >= 11 is 0. The molecule has 0 bridgehead atoms. The zero-order valence-corrected chi connectivity index (χ0v) is 23.9. The molecule has 0 aliphatic heterocycles. The van der Waals surface area contributed by atoms with Gasteiger partial charge in [0.05, 0.1) is 27.7 Å². The first-order valence-electron chi connectivity index (χ1n) is 14.2. The van der Waals surface area contributed by atoms with Gasteiger partial charge in [0.25, 0.3) is 0 Å². The highest BCUT2D eigenvalue weighted by Gasteiger charge is 2.41. The zero-order chi connectivity index (χ0) is 24.8. The highest BCUT2D eigenvalue weighted by molar-refractivity contribution is 7.53. The molecule has 0 saturated heterocycles. The average Bonchev–Trinajstić information content (AvgIpc) is 2.74. The lowest BCUT2D eigenvalue weighted by Crippen LogP contribution is -2.44. The van der Waals surface area contributed by atoms with Crippen LogP contribution in [0.4, 0.5) is 0 Å². The lowest BCUT2D eigenvalue weighted by atomic mass is 10.0. The van der Waals surface area contributed by atoms with Gasteiger partial charge in [-0.2, -0.15) is 0 Å². The van der Waals surface area contributed by atoms with Crippen LogP contribution < -0.4 is 0 Å². The fourth-order valence-electron chi connectivity index (χ4n) is 4.60. The van der Waals surface area contributed by atoms with E-state index in [1.165, 1.54) is 103 Å². The predicted molar refractivity (Wildman–Crippen MR) is 146 cm³/mol. The zero-order valence-electron chi connectivity index (χ0n) is 23.0. The van der Waals surface area contributed by atoms with E-state index in [9.17, 15) is 9.46 Å². The molecule has 0 fully saturated rings. The van der Waals surface area contributed by atoms with E-state index in [0.29, 0.717) is 23.9 Å². The van der Waals surface area contributed by atoms with Crippen LogP contribution in [0, 0.1) is 0 Å². The molecule has 2 unspecified atom stereocenters. The second kappa shape index (κ2) is 21.2. The van der Waals surface area contributed by atoms with Crippen LogP contribution in [-0.2, 0) is 9.09 Å². The molecule has 198 valence electrons. The number of hydrogen-bond donors (Lipinski definition) is 1. The summed E-state index contributed by atoms with van der Waals surface area (Å²) in [6, 6.07) is 0. The van der Waals surface area contributed by atoms with Gasteiger partial charge in [-0.15, -0.1) is 0 Å². The molecule has 33 heavy (non-hydrogen) atoms. The molecular formula is C28H59NO3P+. The summed E-state index contributed by atoms with van der Waals surface area (Å²) in [6.45, 7) is 4.55. The second-order valence-corrected chi connectivity index (χ2v) is 12.7. The molecule has 0 aliphatic rings. The quantitative estimate of drug-likeness (QED) is 0.0637. The lowest BCUT2D eigenvalue weighted by Gasteiger charge is -2.35. The van der Waals surface area contributed by atoms with Crippen LogP contribution in [0.2, 0.25) is 0 Å². The molecule has 0 aromatic rings. The molecule has 4 nitrogen and oxygen atoms in total. The molecule has 0 radical (unpaired) electrons. The Labute approximate surface area is 207 Å². The van der Waals surface area contributed by atoms with Crippen LogP contribution in [0.5, 0.6) is 0 Å². The minimum absolute atomic E-state index is 0.319. The van der Waals surface area contributed by atoms with Crippen molar-refractivity contribution < 1.29 is 18.5 Å². The Bertz CT molecular complexity index is 502. The Kier molecular flexibility index (Phi) is 21.1. The highest BCUT2D eigenvalue weighted by Crippen LogP contribution is 2.51. The molecule has 0 amide bonds. The molecule has 0 spiro atoms. The standard InChI is InChI=1S/C28H58NO3P/c1-6-8-9-10-11-12-13-14-15-16-17-18-19-20-21-22-23-24-25-26-27-32-33(30,31)28(7-2)29(3,4)5/h24-25,28H,6-23,26-27H2,1-5H3/p+1. The van der Waals surface area contributed by atoms with Gasteiger partial charge in [0.15, 0.2) is 5.78 Å². The molecule has 1 N–H and O–H groups in total. The Balaban J connectivity index is 3.45. The van der Waals surface area contributed by atoms with Crippen molar-refractivity contribution in [3.8, 4) is 0 Å². The topological polar surface area (TPSA) is 46.5 Å². The lowest BCUT2D eigenvalue weighted by molar-refractivity contribution is -0.883. The first-order chi connectivity index (χ1) is 15.8. The summed E-state index contributed by atoms with van der Waals surface area (Å²) in [5.41, 5.74) is 0. The van der Waals surface area contributed by atoms with E-state index in [0.717, 1.165) is 6.42 Å². The van der Waals surface area contributed by atoms with Crippen molar-refractivity contribution in [3.05, 3.63) is 12.2 Å². The number of quaternary nitrogens is 1. The first kappa shape index (κ1) is 32.8. The minimum atomic E-state index is -3.58. The van der Waals surface area contributed by atoms with Crippen molar-refractivity contribution in [1.82, 2.24) is 0 Å². The third-order valence-corrected chi connectivity index (χ3v) is 8.95. The van der Waals surface area contributed by atoms with Crippen LogP contribution in [0.1, 0.15) is 136 Å². The van der Waals surface area contributed by atoms with E-state index >= 15 is 0 Å². The van der Waals surface area contributed by atoms with E-state index in [2.05, 4.69) is 19.1 Å². The van der Waals surface area contributed by atoms with Crippen molar-refractivity contribution in [3.63, 3.8) is 0 Å². The molecule has 0 aromatic carbocycles. The summed E-state index contributed by atoms with van der Waals surface area (Å²) in [5, 5.41) is 0. The Morgan fingerprint density at radius 2 is 1.09 bits per heavy atom. The molecule has 0 aromatic heterocycles. The predicted octanol–water partition coefficient (Wildman–Crippen LogP) is 9.23. The van der Waals surface area contributed by atoms with Gasteiger partial charge in [-0.3, -0.25) is 4.57 Å². The van der Waals surface area contributed by atoms with Crippen molar-refractivity contribution in [1.29, 1.82) is 0 Å². The largest absolute Gasteiger partial charge is 0.385 e. The molecule has 0 saturated carbocycles. The molecule has 0 heterocycles. The third-order valence-electron chi connectivity index (χ3n) is 6.59. The summed E-state index contributed by atoms with van der Waals surface area (Å²) in [5.74, 6) is -0.369. The van der Waals surface area contributed by atoms with E-state index in [4.69, 9.17) is 4.52 Å². The maximum atomic E-state index is 12.5. The van der Waals surface area contributed by atoms with E-state index in [1.54, 1.807) is 0 Å². The van der Waals surface area contributed by atoms with Crippen LogP contribution in [0.25, 0.3) is 0 Å². The van der Waals surface area contributed by atoms with Gasteiger partial charge in [0, 0.05) is 6.42 Å². The molecule has 0 rings (SSSR count).